The summed E-state index contributed by atoms with van der Waals surface area (Å²) in [6.45, 7) is 0. The fourth-order valence-electron chi connectivity index (χ4n) is 2.35. The number of fused-ring (bicyclic) bond motifs is 3. The fourth-order valence-corrected chi connectivity index (χ4v) is 3.79. The van der Waals surface area contributed by atoms with Crippen molar-refractivity contribution in [2.75, 3.05) is 11.4 Å². The van der Waals surface area contributed by atoms with E-state index in [4.69, 9.17) is 10.2 Å². The number of hydrogen-bond acceptors (Lipinski definition) is 6. The summed E-state index contributed by atoms with van der Waals surface area (Å²) in [5, 5.41) is 3.62. The number of nitrogens with two attached hydrogens (primary N) is 1. The molecule has 1 aromatic carbocycles. The molecule has 0 fully saturated rings. The first-order chi connectivity index (χ1) is 11.3. The number of hydrazone groups is 1. The molecule has 5 N–H and O–H groups in total. The van der Waals surface area contributed by atoms with Gasteiger partial charge in [0.2, 0.25) is 5.43 Å². The predicted molar refractivity (Wildman–Crippen MR) is 97.1 cm³/mol. The van der Waals surface area contributed by atoms with Crippen molar-refractivity contribution in [2.24, 2.45) is 10.8 Å². The molecular weight excluding hydrogens is 368 g/mol. The first-order valence-electron chi connectivity index (χ1n) is 6.66. The van der Waals surface area contributed by atoms with E-state index in [-0.39, 0.29) is 32.5 Å². The molecule has 0 atom stereocenters. The van der Waals surface area contributed by atoms with E-state index >= 15 is 0 Å². The van der Waals surface area contributed by atoms with Crippen molar-refractivity contribution in [1.29, 1.82) is 0 Å². The minimum absolute atomic E-state index is 0. The normalized spacial score (nSPS) is 14.4. The molecule has 3 rings (SSSR count). The molecule has 0 amide bonds. The van der Waals surface area contributed by atoms with Crippen molar-refractivity contribution in [3.05, 3.63) is 46.3 Å². The van der Waals surface area contributed by atoms with Gasteiger partial charge in [-0.05, 0) is 24.4 Å². The molecule has 2 aromatic rings. The number of nitrogens with zero attached hydrogens (tertiary/aromatic N) is 2. The molecule has 1 aliphatic rings. The maximum Gasteiger partial charge on any atom is 0.265 e. The van der Waals surface area contributed by atoms with Crippen LogP contribution in [0.1, 0.15) is 5.56 Å². The van der Waals surface area contributed by atoms with E-state index in [0.717, 1.165) is 10.5 Å². The number of benzene rings is 1. The van der Waals surface area contributed by atoms with Gasteiger partial charge < -0.3 is 15.6 Å². The van der Waals surface area contributed by atoms with Crippen molar-refractivity contribution >= 4 is 39.3 Å². The highest BCUT2D eigenvalue weighted by Crippen LogP contribution is 2.40. The van der Waals surface area contributed by atoms with Crippen LogP contribution < -0.4 is 20.9 Å². The molecule has 25 heavy (non-hydrogen) atoms. The molecular formula is C14H14N4O5S2. The van der Waals surface area contributed by atoms with Gasteiger partial charge in [0, 0.05) is 12.6 Å². The zero-order chi connectivity index (χ0) is 17.5. The Morgan fingerprint density at radius 2 is 2.08 bits per heavy atom. The van der Waals surface area contributed by atoms with Crippen molar-refractivity contribution in [3.63, 3.8) is 0 Å². The van der Waals surface area contributed by atoms with Crippen LogP contribution in [0, 0.1) is 0 Å². The van der Waals surface area contributed by atoms with Crippen LogP contribution in [-0.4, -0.2) is 32.3 Å². The maximum atomic E-state index is 12.6. The molecule has 9 nitrogen and oxygen atoms in total. The van der Waals surface area contributed by atoms with Crippen molar-refractivity contribution in [3.8, 4) is 11.3 Å². The van der Waals surface area contributed by atoms with Crippen LogP contribution >= 0.6 is 12.2 Å². The zero-order valence-corrected chi connectivity index (χ0v) is 14.5. The van der Waals surface area contributed by atoms with Gasteiger partial charge >= 0.3 is 0 Å². The smallest absolute Gasteiger partial charge is 0.265 e. The largest absolute Gasteiger partial charge is 0.461 e. The van der Waals surface area contributed by atoms with Crippen LogP contribution in [0.5, 0.6) is 0 Å². The van der Waals surface area contributed by atoms with Crippen LogP contribution in [-0.2, 0) is 10.0 Å². The van der Waals surface area contributed by atoms with Crippen LogP contribution in [0.4, 0.5) is 5.69 Å². The number of thiocarbonyl (C=S) groups is 1. The van der Waals surface area contributed by atoms with Gasteiger partial charge in [0.05, 0.1) is 16.7 Å². The molecule has 0 unspecified atom stereocenters. The van der Waals surface area contributed by atoms with Crippen LogP contribution in [0.2, 0.25) is 0 Å². The molecule has 1 aliphatic heterocycles. The number of rotatable bonds is 2. The van der Waals surface area contributed by atoms with Crippen LogP contribution in [0.15, 0.2) is 49.7 Å². The van der Waals surface area contributed by atoms with E-state index in [0.29, 0.717) is 5.56 Å². The third-order valence-electron chi connectivity index (χ3n) is 3.46. The molecule has 0 saturated carbocycles. The van der Waals surface area contributed by atoms with Crippen LogP contribution in [0.3, 0.4) is 0 Å². The Morgan fingerprint density at radius 1 is 1.40 bits per heavy atom. The summed E-state index contributed by atoms with van der Waals surface area (Å²) < 4.78 is 31.6. The highest BCUT2D eigenvalue weighted by atomic mass is 32.2. The van der Waals surface area contributed by atoms with Gasteiger partial charge in [-0.25, -0.2) is 8.42 Å². The second-order valence-electron chi connectivity index (χ2n) is 4.90. The lowest BCUT2D eigenvalue weighted by atomic mass is 10.1. The molecule has 1 aromatic heterocycles. The Bertz CT molecular complexity index is 1030. The Hall–Kier alpha value is -2.76. The van der Waals surface area contributed by atoms with Crippen LogP contribution in [0.25, 0.3) is 11.3 Å². The monoisotopic (exact) mass is 382 g/mol. The second kappa shape index (κ2) is 6.63. The van der Waals surface area contributed by atoms with E-state index < -0.39 is 15.5 Å². The van der Waals surface area contributed by atoms with Gasteiger partial charge in [0.15, 0.2) is 10.9 Å². The Morgan fingerprint density at radius 3 is 2.76 bits per heavy atom. The number of hydrogen-bond donors (Lipinski definition) is 2. The first kappa shape index (κ1) is 18.6. The number of nitrogens with one attached hydrogen (secondary N) is 1. The van der Waals surface area contributed by atoms with Gasteiger partial charge in [0.25, 0.3) is 10.0 Å². The van der Waals surface area contributed by atoms with E-state index in [9.17, 15) is 13.2 Å². The van der Waals surface area contributed by atoms with Crippen molar-refractivity contribution < 1.29 is 18.3 Å². The van der Waals surface area contributed by atoms with Gasteiger partial charge in [-0.1, -0.05) is 12.1 Å². The van der Waals surface area contributed by atoms with Crippen molar-refractivity contribution in [2.45, 2.75) is 4.90 Å². The van der Waals surface area contributed by atoms with E-state index in [1.807, 2.05) is 0 Å². The summed E-state index contributed by atoms with van der Waals surface area (Å²) >= 11 is 4.60. The summed E-state index contributed by atoms with van der Waals surface area (Å²) in [6.07, 6.45) is 2.36. The predicted octanol–water partition coefficient (Wildman–Crippen LogP) is -0.212. The third kappa shape index (κ3) is 2.99. The first-order valence-corrected chi connectivity index (χ1v) is 8.51. The molecule has 0 bridgehead atoms. The molecule has 0 saturated heterocycles. The molecule has 0 radical (unpaired) electrons. The summed E-state index contributed by atoms with van der Waals surface area (Å²) in [5.41, 5.74) is 7.33. The summed E-state index contributed by atoms with van der Waals surface area (Å²) in [6, 6.07) is 6.33. The molecule has 0 aliphatic carbocycles. The highest BCUT2D eigenvalue weighted by Gasteiger charge is 2.36. The Balaban J connectivity index is 0.00000225. The number of sulfonamides is 1. The zero-order valence-electron chi connectivity index (χ0n) is 12.9. The summed E-state index contributed by atoms with van der Waals surface area (Å²) in [4.78, 5) is 12.7. The van der Waals surface area contributed by atoms with Gasteiger partial charge in [-0.3, -0.25) is 14.5 Å². The SMILES string of the molecule is CN1c2c(occ(/C=N/NC(N)=S)c2=O)-c2ccccc2S1(=O)=O.O. The minimum Gasteiger partial charge on any atom is -0.461 e. The average Bonchev–Trinajstić information content (AvgIpc) is 2.54. The van der Waals surface area contributed by atoms with E-state index in [1.54, 1.807) is 18.2 Å². The second-order valence-corrected chi connectivity index (χ2v) is 7.28. The number of anilines is 1. The summed E-state index contributed by atoms with van der Waals surface area (Å²) in [5.74, 6) is 0.187. The quantitative estimate of drug-likeness (QED) is 0.414. The highest BCUT2D eigenvalue weighted by molar-refractivity contribution is 7.93. The summed E-state index contributed by atoms with van der Waals surface area (Å²) in [7, 11) is -2.53. The molecule has 11 heteroatoms. The third-order valence-corrected chi connectivity index (χ3v) is 5.37. The Kier molecular flexibility index (Phi) is 4.92. The van der Waals surface area contributed by atoms with Gasteiger partial charge in [-0.2, -0.15) is 5.10 Å². The van der Waals surface area contributed by atoms with Gasteiger partial charge in [-0.15, -0.1) is 0 Å². The minimum atomic E-state index is -3.83. The molecule has 132 valence electrons. The van der Waals surface area contributed by atoms with Gasteiger partial charge in [0.1, 0.15) is 12.0 Å². The fraction of sp³-hybridized carbons (Fsp3) is 0.0714. The van der Waals surface area contributed by atoms with Crippen molar-refractivity contribution in [1.82, 2.24) is 5.43 Å². The lowest BCUT2D eigenvalue weighted by Gasteiger charge is -2.27. The lowest BCUT2D eigenvalue weighted by Crippen LogP contribution is -2.35. The standard InChI is InChI=1S/C14H12N4O4S2.H2O/c1-18-11-12(19)8(6-16-17-14(15)23)7-22-13(11)9-4-2-3-5-10(9)24(18,20)21;/h2-7H,1H3,(H3,15,17,23);1H2/b16-6+;. The topological polar surface area (TPSA) is 150 Å². The lowest BCUT2D eigenvalue weighted by molar-refractivity contribution is 0.554. The van der Waals surface area contributed by atoms with E-state index in [2.05, 4.69) is 22.7 Å². The average molecular weight is 382 g/mol. The Labute approximate surface area is 148 Å². The molecule has 2 heterocycles. The molecule has 0 spiro atoms. The van der Waals surface area contributed by atoms with E-state index in [1.165, 1.54) is 19.4 Å². The maximum absolute atomic E-state index is 12.6.